The van der Waals surface area contributed by atoms with Gasteiger partial charge in [-0.3, -0.25) is 4.79 Å². The summed E-state index contributed by atoms with van der Waals surface area (Å²) in [5, 5.41) is 12.1. The van der Waals surface area contributed by atoms with E-state index in [1.54, 1.807) is 6.08 Å². The molecule has 0 radical (unpaired) electrons. The van der Waals surface area contributed by atoms with Gasteiger partial charge in [-0.15, -0.1) is 0 Å². The highest BCUT2D eigenvalue weighted by atomic mass is 16.1. The van der Waals surface area contributed by atoms with Crippen LogP contribution in [0.2, 0.25) is 0 Å². The van der Waals surface area contributed by atoms with E-state index in [0.717, 1.165) is 16.8 Å². The number of para-hydroxylation sites is 2. The molecule has 0 aliphatic rings. The molecular weight excluding hydrogens is 310 g/mol. The fraction of sp³-hybridized carbons (Fsp3) is 0.0476. The zero-order chi connectivity index (χ0) is 17.6. The molecule has 0 atom stereocenters. The third kappa shape index (κ3) is 3.85. The van der Waals surface area contributed by atoms with Crippen molar-refractivity contribution in [3.63, 3.8) is 0 Å². The van der Waals surface area contributed by atoms with E-state index in [9.17, 15) is 10.1 Å². The second-order valence-electron chi connectivity index (χ2n) is 5.63. The first-order valence-electron chi connectivity index (χ1n) is 7.89. The summed E-state index contributed by atoms with van der Waals surface area (Å²) >= 11 is 0. The summed E-state index contributed by atoms with van der Waals surface area (Å²) in [6, 6.07) is 21.2. The molecule has 0 aliphatic carbocycles. The van der Waals surface area contributed by atoms with Crippen LogP contribution in [0.15, 0.2) is 78.6 Å². The van der Waals surface area contributed by atoms with Crippen LogP contribution in [0, 0.1) is 18.3 Å². The maximum Gasteiger partial charge on any atom is 0.266 e. The fourth-order valence-corrected chi connectivity index (χ4v) is 2.48. The van der Waals surface area contributed by atoms with E-state index in [1.807, 2.05) is 90.6 Å². The van der Waals surface area contributed by atoms with Crippen LogP contribution in [0.25, 0.3) is 11.8 Å². The molecule has 0 fully saturated rings. The Morgan fingerprint density at radius 1 is 1.08 bits per heavy atom. The van der Waals surface area contributed by atoms with Crippen molar-refractivity contribution >= 4 is 17.7 Å². The highest BCUT2D eigenvalue weighted by Crippen LogP contribution is 2.16. The molecule has 25 heavy (non-hydrogen) atoms. The molecule has 0 unspecified atom stereocenters. The minimum atomic E-state index is -0.413. The van der Waals surface area contributed by atoms with E-state index in [4.69, 9.17) is 0 Å². The van der Waals surface area contributed by atoms with Gasteiger partial charge in [0.05, 0.1) is 0 Å². The van der Waals surface area contributed by atoms with Crippen LogP contribution in [-0.2, 0) is 4.79 Å². The lowest BCUT2D eigenvalue weighted by atomic mass is 10.1. The maximum atomic E-state index is 12.4. The predicted molar refractivity (Wildman–Crippen MR) is 99.2 cm³/mol. The predicted octanol–water partition coefficient (Wildman–Crippen LogP) is 4.33. The molecule has 4 nitrogen and oxygen atoms in total. The highest BCUT2D eigenvalue weighted by Gasteiger charge is 2.11. The number of hydrogen-bond donors (Lipinski definition) is 1. The first-order chi connectivity index (χ1) is 12.2. The van der Waals surface area contributed by atoms with Crippen LogP contribution in [0.4, 0.5) is 5.69 Å². The van der Waals surface area contributed by atoms with E-state index in [0.29, 0.717) is 5.69 Å². The van der Waals surface area contributed by atoms with Crippen molar-refractivity contribution in [1.82, 2.24) is 4.57 Å². The molecule has 1 aromatic heterocycles. The number of carbonyl (C=O) groups is 1. The molecule has 0 saturated heterocycles. The maximum absolute atomic E-state index is 12.4. The molecule has 4 heteroatoms. The fourth-order valence-electron chi connectivity index (χ4n) is 2.48. The van der Waals surface area contributed by atoms with E-state index in [1.165, 1.54) is 0 Å². The SMILES string of the molecule is Cc1ccccc1NC(=O)/C(C#N)=C/c1ccn(-c2ccccc2)c1. The van der Waals surface area contributed by atoms with Crippen molar-refractivity contribution in [3.05, 3.63) is 89.8 Å². The number of hydrogen-bond acceptors (Lipinski definition) is 2. The van der Waals surface area contributed by atoms with E-state index >= 15 is 0 Å². The Hall–Kier alpha value is -3.58. The van der Waals surface area contributed by atoms with E-state index < -0.39 is 5.91 Å². The third-order valence-corrected chi connectivity index (χ3v) is 3.84. The Morgan fingerprint density at radius 3 is 2.52 bits per heavy atom. The van der Waals surface area contributed by atoms with Crippen LogP contribution >= 0.6 is 0 Å². The van der Waals surface area contributed by atoms with Crippen LogP contribution in [0.1, 0.15) is 11.1 Å². The van der Waals surface area contributed by atoms with Crippen LogP contribution < -0.4 is 5.32 Å². The molecule has 1 heterocycles. The quantitative estimate of drug-likeness (QED) is 0.573. The van der Waals surface area contributed by atoms with Crippen molar-refractivity contribution in [2.24, 2.45) is 0 Å². The van der Waals surface area contributed by atoms with Gasteiger partial charge < -0.3 is 9.88 Å². The Morgan fingerprint density at radius 2 is 1.80 bits per heavy atom. The first kappa shape index (κ1) is 16.3. The standard InChI is InChI=1S/C21H17N3O/c1-16-7-5-6-10-20(16)23-21(25)18(14-22)13-17-11-12-24(15-17)19-8-3-2-4-9-19/h2-13,15H,1H3,(H,23,25)/b18-13+. The number of aryl methyl sites for hydroxylation is 1. The number of benzene rings is 2. The topological polar surface area (TPSA) is 57.8 Å². The van der Waals surface area contributed by atoms with Gasteiger partial charge in [0.15, 0.2) is 0 Å². The number of nitrogens with zero attached hydrogens (tertiary/aromatic N) is 2. The van der Waals surface area contributed by atoms with Crippen molar-refractivity contribution in [3.8, 4) is 11.8 Å². The van der Waals surface area contributed by atoms with Gasteiger partial charge in [0.25, 0.3) is 5.91 Å². The summed E-state index contributed by atoms with van der Waals surface area (Å²) in [5.74, 6) is -0.413. The van der Waals surface area contributed by atoms with Crippen LogP contribution in [0.5, 0.6) is 0 Å². The molecule has 3 rings (SSSR count). The molecule has 1 amide bonds. The van der Waals surface area contributed by atoms with Crippen LogP contribution in [-0.4, -0.2) is 10.5 Å². The second-order valence-corrected chi connectivity index (χ2v) is 5.63. The van der Waals surface area contributed by atoms with Gasteiger partial charge in [-0.05, 0) is 48.4 Å². The largest absolute Gasteiger partial charge is 0.323 e. The van der Waals surface area contributed by atoms with E-state index in [2.05, 4.69) is 5.32 Å². The molecular formula is C21H17N3O. The molecule has 3 aromatic rings. The minimum absolute atomic E-state index is 0.0639. The number of rotatable bonds is 4. The van der Waals surface area contributed by atoms with Gasteiger partial charge in [0.1, 0.15) is 11.6 Å². The number of nitrogens with one attached hydrogen (secondary N) is 1. The molecule has 0 bridgehead atoms. The van der Waals surface area contributed by atoms with Crippen molar-refractivity contribution < 1.29 is 4.79 Å². The van der Waals surface area contributed by atoms with Gasteiger partial charge in [-0.2, -0.15) is 5.26 Å². The summed E-state index contributed by atoms with van der Waals surface area (Å²) < 4.78 is 1.94. The molecule has 122 valence electrons. The summed E-state index contributed by atoms with van der Waals surface area (Å²) in [4.78, 5) is 12.4. The monoisotopic (exact) mass is 327 g/mol. The summed E-state index contributed by atoms with van der Waals surface area (Å²) in [7, 11) is 0. The summed E-state index contributed by atoms with van der Waals surface area (Å²) in [5.41, 5.74) is 3.53. The smallest absolute Gasteiger partial charge is 0.266 e. The lowest BCUT2D eigenvalue weighted by Gasteiger charge is -2.07. The zero-order valence-electron chi connectivity index (χ0n) is 13.8. The van der Waals surface area contributed by atoms with Gasteiger partial charge in [0.2, 0.25) is 0 Å². The van der Waals surface area contributed by atoms with Crippen LogP contribution in [0.3, 0.4) is 0 Å². The Labute approximate surface area is 146 Å². The number of anilines is 1. The molecule has 1 N–H and O–H groups in total. The average molecular weight is 327 g/mol. The Bertz CT molecular complexity index is 962. The number of nitriles is 1. The average Bonchev–Trinajstić information content (AvgIpc) is 3.11. The Balaban J connectivity index is 1.81. The minimum Gasteiger partial charge on any atom is -0.323 e. The molecule has 0 aliphatic heterocycles. The van der Waals surface area contributed by atoms with Gasteiger partial charge in [-0.25, -0.2) is 0 Å². The molecule has 2 aromatic carbocycles. The Kier molecular flexibility index (Phi) is 4.77. The normalized spacial score (nSPS) is 11.0. The van der Waals surface area contributed by atoms with Crippen molar-refractivity contribution in [2.45, 2.75) is 6.92 Å². The summed E-state index contributed by atoms with van der Waals surface area (Å²) in [6.07, 6.45) is 5.37. The third-order valence-electron chi connectivity index (χ3n) is 3.84. The van der Waals surface area contributed by atoms with E-state index in [-0.39, 0.29) is 5.57 Å². The van der Waals surface area contributed by atoms with Gasteiger partial charge >= 0.3 is 0 Å². The lowest BCUT2D eigenvalue weighted by molar-refractivity contribution is -0.112. The number of aromatic nitrogens is 1. The zero-order valence-corrected chi connectivity index (χ0v) is 13.8. The molecule has 0 spiro atoms. The molecule has 0 saturated carbocycles. The van der Waals surface area contributed by atoms with Crippen molar-refractivity contribution in [2.75, 3.05) is 5.32 Å². The second kappa shape index (κ2) is 7.33. The van der Waals surface area contributed by atoms with Gasteiger partial charge in [-0.1, -0.05) is 36.4 Å². The first-order valence-corrected chi connectivity index (χ1v) is 7.89. The summed E-state index contributed by atoms with van der Waals surface area (Å²) in [6.45, 7) is 1.91. The van der Waals surface area contributed by atoms with Gasteiger partial charge in [0, 0.05) is 23.8 Å². The highest BCUT2D eigenvalue weighted by molar-refractivity contribution is 6.09. The lowest BCUT2D eigenvalue weighted by Crippen LogP contribution is -2.14. The van der Waals surface area contributed by atoms with Crippen molar-refractivity contribution in [1.29, 1.82) is 5.26 Å². The number of amides is 1. The number of carbonyl (C=O) groups excluding carboxylic acids is 1.